The van der Waals surface area contributed by atoms with Gasteiger partial charge in [-0.25, -0.2) is 0 Å². The summed E-state index contributed by atoms with van der Waals surface area (Å²) in [5.41, 5.74) is 1.37. The number of hydrogen-bond acceptors (Lipinski definition) is 0. The molecule has 0 aromatic rings. The Labute approximate surface area is 434 Å². The fraction of sp³-hybridized carbons (Fsp3) is 1.00. The maximum absolute atomic E-state index is 2.51. The summed E-state index contributed by atoms with van der Waals surface area (Å²) in [5, 5.41) is 0. The van der Waals surface area contributed by atoms with E-state index in [1.807, 2.05) is 0 Å². The van der Waals surface area contributed by atoms with E-state index in [9.17, 15) is 0 Å². The van der Waals surface area contributed by atoms with Crippen LogP contribution in [0, 0.1) is 188 Å². The molecule has 0 heterocycles. The molecule has 0 aliphatic heterocycles. The smallest absolute Gasteiger partial charge is 0.0295 e. The topological polar surface area (TPSA) is 0 Å². The Bertz CT molecular complexity index is 1600. The van der Waals surface area contributed by atoms with Crippen molar-refractivity contribution in [1.29, 1.82) is 0 Å². The highest BCUT2D eigenvalue weighted by molar-refractivity contribution is 5.06. The van der Waals surface area contributed by atoms with Crippen LogP contribution in [0.4, 0.5) is 0 Å². The van der Waals surface area contributed by atoms with Crippen LogP contribution in [0.15, 0.2) is 0 Å². The molecule has 400 valence electrons. The molecule has 0 saturated heterocycles. The molecule has 13 saturated carbocycles. The van der Waals surface area contributed by atoms with Crippen LogP contribution in [0.25, 0.3) is 0 Å². The third kappa shape index (κ3) is 10.2. The summed E-state index contributed by atoms with van der Waals surface area (Å²) in [6.45, 7) is 49.0. The summed E-state index contributed by atoms with van der Waals surface area (Å²) < 4.78 is 0. The minimum absolute atomic E-state index is 0.663. The number of hydrogen-bond donors (Lipinski definition) is 0. The molecule has 13 rings (SSSR count). The highest BCUT2D eigenvalue weighted by Gasteiger charge is 2.57. The predicted octanol–water partition coefficient (Wildman–Crippen LogP) is 20.6. The maximum Gasteiger partial charge on any atom is -0.0295 e. The third-order valence-electron chi connectivity index (χ3n) is 28.9. The van der Waals surface area contributed by atoms with E-state index in [2.05, 4.69) is 138 Å². The predicted molar refractivity (Wildman–Crippen MR) is 302 cm³/mol. The summed E-state index contributed by atoms with van der Waals surface area (Å²) in [6.07, 6.45) is 25.9. The second kappa shape index (κ2) is 21.6. The molecule has 69 heavy (non-hydrogen) atoms. The van der Waals surface area contributed by atoms with Gasteiger partial charge in [0.25, 0.3) is 0 Å². The van der Waals surface area contributed by atoms with Crippen LogP contribution >= 0.6 is 0 Å². The Morgan fingerprint density at radius 3 is 1.23 bits per heavy atom. The highest BCUT2D eigenvalue weighted by Crippen LogP contribution is 2.65. The van der Waals surface area contributed by atoms with E-state index in [0.29, 0.717) is 10.8 Å². The van der Waals surface area contributed by atoms with Crippen molar-refractivity contribution in [2.24, 2.45) is 188 Å². The Morgan fingerprint density at radius 2 is 0.841 bits per heavy atom. The van der Waals surface area contributed by atoms with Gasteiger partial charge in [0.1, 0.15) is 0 Å². The maximum atomic E-state index is 2.51. The lowest BCUT2D eigenvalue weighted by molar-refractivity contribution is 0.0960. The molecule has 0 nitrogen and oxygen atoms in total. The summed E-state index contributed by atoms with van der Waals surface area (Å²) in [6, 6.07) is 0. The average molecular weight is 954 g/mol. The molecule has 30 unspecified atom stereocenters. The van der Waals surface area contributed by atoms with Crippen molar-refractivity contribution in [1.82, 2.24) is 0 Å². The average Bonchev–Trinajstić information content (AvgIpc) is 4.15. The fourth-order valence-corrected chi connectivity index (χ4v) is 23.2. The molecular formula is C69H124. The van der Waals surface area contributed by atoms with E-state index in [1.165, 1.54) is 69.6 Å². The van der Waals surface area contributed by atoms with Crippen molar-refractivity contribution in [3.63, 3.8) is 0 Å². The van der Waals surface area contributed by atoms with Crippen LogP contribution in [-0.4, -0.2) is 0 Å². The quantitative estimate of drug-likeness (QED) is 0.263. The lowest BCUT2D eigenvalue weighted by Gasteiger charge is -2.40. The van der Waals surface area contributed by atoms with Gasteiger partial charge in [-0.1, -0.05) is 164 Å². The molecule has 13 aliphatic carbocycles. The van der Waals surface area contributed by atoms with Gasteiger partial charge in [-0.2, -0.15) is 0 Å². The second-order valence-electron chi connectivity index (χ2n) is 31.9. The van der Waals surface area contributed by atoms with Crippen LogP contribution in [-0.2, 0) is 0 Å². The van der Waals surface area contributed by atoms with Gasteiger partial charge in [0, 0.05) is 0 Å². The first-order chi connectivity index (χ1) is 32.4. The van der Waals surface area contributed by atoms with Gasteiger partial charge in [-0.05, 0) is 272 Å². The van der Waals surface area contributed by atoms with Crippen molar-refractivity contribution in [2.45, 2.75) is 248 Å². The van der Waals surface area contributed by atoms with Crippen LogP contribution in [0.5, 0.6) is 0 Å². The number of fused-ring (bicyclic) bond motifs is 15. The van der Waals surface area contributed by atoms with Crippen molar-refractivity contribution >= 4 is 0 Å². The molecule has 13 aliphatic rings. The minimum Gasteiger partial charge on any atom is -0.0654 e. The molecule has 30 atom stereocenters. The lowest BCUT2D eigenvalue weighted by Crippen LogP contribution is -2.32. The summed E-state index contributed by atoms with van der Waals surface area (Å²) in [5.74, 6) is 31.7. The van der Waals surface area contributed by atoms with Gasteiger partial charge in [0.15, 0.2) is 0 Å². The van der Waals surface area contributed by atoms with Crippen LogP contribution in [0.3, 0.4) is 0 Å². The molecule has 13 fully saturated rings. The molecule has 0 heteroatoms. The Hall–Kier alpha value is 0. The molecule has 0 aromatic heterocycles. The van der Waals surface area contributed by atoms with Crippen molar-refractivity contribution in [3.8, 4) is 0 Å². The second-order valence-corrected chi connectivity index (χ2v) is 31.9. The van der Waals surface area contributed by atoms with Gasteiger partial charge >= 0.3 is 0 Å². The Morgan fingerprint density at radius 1 is 0.391 bits per heavy atom. The summed E-state index contributed by atoms with van der Waals surface area (Å²) >= 11 is 0. The van der Waals surface area contributed by atoms with E-state index in [4.69, 9.17) is 0 Å². The van der Waals surface area contributed by atoms with Crippen LogP contribution in [0.2, 0.25) is 0 Å². The highest BCUT2D eigenvalue weighted by atomic mass is 14.6. The van der Waals surface area contributed by atoms with E-state index in [-0.39, 0.29) is 0 Å². The summed E-state index contributed by atoms with van der Waals surface area (Å²) in [7, 11) is 0. The van der Waals surface area contributed by atoms with Crippen LogP contribution in [0.1, 0.15) is 248 Å². The van der Waals surface area contributed by atoms with Gasteiger partial charge in [-0.15, -0.1) is 0 Å². The van der Waals surface area contributed by atoms with Gasteiger partial charge in [-0.3, -0.25) is 0 Å². The zero-order valence-electron chi connectivity index (χ0n) is 50.3. The standard InChI is InChI=1S/C12H20.3C12H22.C11H20.C10H18/c1-7-8(2)12-6-11(7)9-4-3-5-10(9)12;1-7(2)11-5-10-6-12(11)9(4)8(10)3;1-5-12(4)7-10-6-11(12)9(3)8(10)2;1-4-5-10-6-11-7-12(10)9(3)8(11)2;1-7-8(2)10-5-9(7)6-11(10,3)4;1-6-4-9-5-10(6)8(3)7(9)2/h7-12H,3-6H2,1-2H3;7-12H,5-6H2,1-4H3;8-11H,5-7H2,1-4H3;8-12H,4-7H2,1-3H3;7-10H,5-6H2,1-4H3;6-10H,4-5H2,1-3H3. The normalized spacial score (nSPS) is 56.2. The first-order valence-electron chi connectivity index (χ1n) is 32.4. The fourth-order valence-electron chi connectivity index (χ4n) is 23.2. The van der Waals surface area contributed by atoms with Gasteiger partial charge in [0.2, 0.25) is 0 Å². The van der Waals surface area contributed by atoms with Crippen molar-refractivity contribution in [2.75, 3.05) is 0 Å². The lowest BCUT2D eigenvalue weighted by atomic mass is 9.65. The zero-order valence-corrected chi connectivity index (χ0v) is 50.3. The molecular weight excluding hydrogens is 829 g/mol. The van der Waals surface area contributed by atoms with Crippen LogP contribution < -0.4 is 0 Å². The molecule has 0 amide bonds. The Kier molecular flexibility index (Phi) is 17.3. The molecule has 0 spiro atoms. The van der Waals surface area contributed by atoms with Crippen molar-refractivity contribution < 1.29 is 0 Å². The molecule has 0 radical (unpaired) electrons. The van der Waals surface area contributed by atoms with E-state index >= 15 is 0 Å². The van der Waals surface area contributed by atoms with E-state index in [1.54, 1.807) is 51.4 Å². The first kappa shape index (κ1) is 55.2. The van der Waals surface area contributed by atoms with Gasteiger partial charge < -0.3 is 0 Å². The van der Waals surface area contributed by atoms with E-state index in [0.717, 1.165) is 166 Å². The summed E-state index contributed by atoms with van der Waals surface area (Å²) in [4.78, 5) is 0. The minimum atomic E-state index is 0.663. The van der Waals surface area contributed by atoms with Crippen molar-refractivity contribution in [3.05, 3.63) is 0 Å². The van der Waals surface area contributed by atoms with E-state index < -0.39 is 0 Å². The Balaban J connectivity index is 0.000000112. The zero-order chi connectivity index (χ0) is 50.3. The molecule has 0 aromatic carbocycles. The SMILES string of the molecule is CC(C)C1CC2CC1C(C)C2C.CC1C(C)C2CC1C1CCCC21.CC1C2CC(C1C)C(C)(C)C2.CC1CC2CC1C(C)C2C.CCC1(C)CC2CC1C(C)C2C.CCCC1CC2CC1C(C)C2C. The van der Waals surface area contributed by atoms with Gasteiger partial charge in [0.05, 0.1) is 0 Å². The molecule has 0 N–H and O–H groups in total. The monoisotopic (exact) mass is 953 g/mol. The third-order valence-corrected chi connectivity index (χ3v) is 28.9. The molecule has 12 bridgehead atoms. The number of rotatable bonds is 4. The first-order valence-corrected chi connectivity index (χ1v) is 32.4. The largest absolute Gasteiger partial charge is 0.0654 e.